The Morgan fingerprint density at radius 2 is 1.44 bits per heavy atom. The molecule has 0 unspecified atom stereocenters. The first-order valence-electron chi connectivity index (χ1n) is 5.02. The van der Waals surface area contributed by atoms with E-state index in [1.165, 1.54) is 0 Å². The van der Waals surface area contributed by atoms with Gasteiger partial charge in [0, 0.05) is 12.1 Å². The topological polar surface area (TPSA) is 147 Å². The minimum atomic E-state index is -1.82. The maximum Gasteiger partial charge on any atom is 0.414 e. The summed E-state index contributed by atoms with van der Waals surface area (Å²) in [6.07, 6.45) is 0. The van der Waals surface area contributed by atoms with Crippen molar-refractivity contribution in [2.45, 2.75) is 19.0 Å². The lowest BCUT2D eigenvalue weighted by atomic mass is 10.0. The highest BCUT2D eigenvalue weighted by Crippen LogP contribution is 2.16. The van der Waals surface area contributed by atoms with E-state index in [-0.39, 0.29) is 17.8 Å². The average molecular weight is 256 g/mol. The fraction of sp³-hybridized carbons (Fsp3) is 0.273. The first kappa shape index (κ1) is 15.9. The number of nitrogens with two attached hydrogens (primary N) is 2. The highest BCUT2D eigenvalue weighted by Gasteiger charge is 2.09. The van der Waals surface area contributed by atoms with E-state index in [2.05, 4.69) is 0 Å². The predicted molar refractivity (Wildman–Crippen MR) is 64.0 cm³/mol. The summed E-state index contributed by atoms with van der Waals surface area (Å²) in [6, 6.07) is 6.54. The van der Waals surface area contributed by atoms with Crippen LogP contribution in [0, 0.1) is 0 Å². The fourth-order valence-electron chi connectivity index (χ4n) is 1.00. The van der Waals surface area contributed by atoms with Gasteiger partial charge in [0.1, 0.15) is 5.75 Å². The zero-order valence-corrected chi connectivity index (χ0v) is 9.78. The Morgan fingerprint density at radius 3 is 1.72 bits per heavy atom. The van der Waals surface area contributed by atoms with Crippen molar-refractivity contribution in [3.8, 4) is 5.75 Å². The Kier molecular flexibility index (Phi) is 6.40. The minimum Gasteiger partial charge on any atom is -0.508 e. The summed E-state index contributed by atoms with van der Waals surface area (Å²) in [5, 5.41) is 23.8. The predicted octanol–water partition coefficient (Wildman–Crippen LogP) is -0.105. The molecule has 0 amide bonds. The molecule has 7 heteroatoms. The largest absolute Gasteiger partial charge is 0.508 e. The van der Waals surface area contributed by atoms with Crippen LogP contribution in [0.1, 0.15) is 18.5 Å². The number of phenols is 1. The first-order chi connectivity index (χ1) is 8.25. The number of carbonyl (C=O) groups is 2. The average Bonchev–Trinajstić information content (AvgIpc) is 2.29. The Balaban J connectivity index is 0.000000411. The molecule has 0 heterocycles. The number of benzene rings is 1. The zero-order chi connectivity index (χ0) is 14.3. The van der Waals surface area contributed by atoms with Crippen molar-refractivity contribution in [1.29, 1.82) is 0 Å². The van der Waals surface area contributed by atoms with Gasteiger partial charge in [0.05, 0.1) is 0 Å². The molecule has 7 nitrogen and oxygen atoms in total. The maximum absolute atomic E-state index is 9.10. The molecule has 1 aromatic rings. The lowest BCUT2D eigenvalue weighted by Gasteiger charge is -2.15. The van der Waals surface area contributed by atoms with Gasteiger partial charge in [-0.3, -0.25) is 0 Å². The van der Waals surface area contributed by atoms with Crippen LogP contribution in [0.5, 0.6) is 5.75 Å². The normalized spacial score (nSPS) is 12.8. The van der Waals surface area contributed by atoms with Gasteiger partial charge in [0.25, 0.3) is 0 Å². The molecule has 0 radical (unpaired) electrons. The third kappa shape index (κ3) is 5.83. The lowest BCUT2D eigenvalue weighted by Crippen LogP contribution is -2.30. The number of aliphatic carboxylic acids is 2. The van der Waals surface area contributed by atoms with Crippen molar-refractivity contribution in [2.24, 2.45) is 11.5 Å². The summed E-state index contributed by atoms with van der Waals surface area (Å²) >= 11 is 0. The molecule has 0 saturated carbocycles. The van der Waals surface area contributed by atoms with Gasteiger partial charge in [-0.2, -0.15) is 0 Å². The van der Waals surface area contributed by atoms with Gasteiger partial charge in [-0.15, -0.1) is 0 Å². The van der Waals surface area contributed by atoms with Crippen LogP contribution in [0.15, 0.2) is 24.3 Å². The number of rotatable bonds is 2. The minimum absolute atomic E-state index is 0.0745. The molecule has 2 atom stereocenters. The highest BCUT2D eigenvalue weighted by molar-refractivity contribution is 6.27. The quantitative estimate of drug-likeness (QED) is 0.464. The number of carboxylic acids is 2. The van der Waals surface area contributed by atoms with Crippen LogP contribution in [0.25, 0.3) is 0 Å². The molecule has 100 valence electrons. The Morgan fingerprint density at radius 1 is 1.06 bits per heavy atom. The van der Waals surface area contributed by atoms with Crippen LogP contribution in [-0.4, -0.2) is 33.3 Å². The van der Waals surface area contributed by atoms with E-state index in [0.29, 0.717) is 0 Å². The fourth-order valence-corrected chi connectivity index (χ4v) is 1.00. The van der Waals surface area contributed by atoms with Gasteiger partial charge in [-0.25, -0.2) is 9.59 Å². The Bertz CT molecular complexity index is 390. The van der Waals surface area contributed by atoms with Crippen LogP contribution in [0.4, 0.5) is 0 Å². The summed E-state index contributed by atoms with van der Waals surface area (Å²) in [7, 11) is 0. The summed E-state index contributed by atoms with van der Waals surface area (Å²) in [6.45, 7) is 1.86. The van der Waals surface area contributed by atoms with E-state index in [4.69, 9.17) is 36.4 Å². The van der Waals surface area contributed by atoms with E-state index in [9.17, 15) is 0 Å². The molecule has 0 aliphatic carbocycles. The van der Waals surface area contributed by atoms with Gasteiger partial charge in [0.15, 0.2) is 0 Å². The molecule has 0 spiro atoms. The number of aromatic hydroxyl groups is 1. The number of hydrogen-bond donors (Lipinski definition) is 5. The molecule has 0 bridgehead atoms. The Labute approximate surface area is 104 Å². The van der Waals surface area contributed by atoms with Gasteiger partial charge < -0.3 is 26.8 Å². The third-order valence-corrected chi connectivity index (χ3v) is 2.03. The van der Waals surface area contributed by atoms with Crippen molar-refractivity contribution in [2.75, 3.05) is 0 Å². The van der Waals surface area contributed by atoms with E-state index < -0.39 is 11.9 Å². The molecular weight excluding hydrogens is 240 g/mol. The molecule has 0 fully saturated rings. The maximum atomic E-state index is 9.10. The van der Waals surface area contributed by atoms with E-state index in [1.807, 2.05) is 6.92 Å². The van der Waals surface area contributed by atoms with Gasteiger partial charge in [-0.1, -0.05) is 12.1 Å². The molecule has 1 rings (SSSR count). The van der Waals surface area contributed by atoms with Crippen LogP contribution in [-0.2, 0) is 9.59 Å². The number of phenolic OH excluding ortho intramolecular Hbond substituents is 1. The zero-order valence-electron chi connectivity index (χ0n) is 9.78. The van der Waals surface area contributed by atoms with E-state index >= 15 is 0 Å². The molecule has 18 heavy (non-hydrogen) atoms. The van der Waals surface area contributed by atoms with Crippen molar-refractivity contribution in [3.63, 3.8) is 0 Å². The first-order valence-corrected chi connectivity index (χ1v) is 5.02. The van der Waals surface area contributed by atoms with Crippen LogP contribution < -0.4 is 11.5 Å². The van der Waals surface area contributed by atoms with Gasteiger partial charge in [0.2, 0.25) is 0 Å². The second-order valence-corrected chi connectivity index (χ2v) is 3.59. The molecular formula is C11H16N2O5. The van der Waals surface area contributed by atoms with E-state index in [1.54, 1.807) is 24.3 Å². The number of carboxylic acid groups (broad SMARTS) is 2. The van der Waals surface area contributed by atoms with Gasteiger partial charge >= 0.3 is 11.9 Å². The lowest BCUT2D eigenvalue weighted by molar-refractivity contribution is -0.159. The van der Waals surface area contributed by atoms with Crippen LogP contribution in [0.2, 0.25) is 0 Å². The standard InChI is InChI=1S/C9H14N2O.C2H2O4/c1-6(10)9(11)7-2-4-8(12)5-3-7;3-1(4)2(5)6/h2-6,9,12H,10-11H2,1H3;(H,3,4)(H,5,6)/t6-,9-;/m0./s1. The van der Waals surface area contributed by atoms with Gasteiger partial charge in [-0.05, 0) is 24.6 Å². The van der Waals surface area contributed by atoms with E-state index in [0.717, 1.165) is 5.56 Å². The summed E-state index contributed by atoms with van der Waals surface area (Å²) in [5.41, 5.74) is 12.3. The second-order valence-electron chi connectivity index (χ2n) is 3.59. The molecule has 0 saturated heterocycles. The third-order valence-electron chi connectivity index (χ3n) is 2.03. The van der Waals surface area contributed by atoms with Crippen molar-refractivity contribution < 1.29 is 24.9 Å². The molecule has 0 aliphatic rings. The summed E-state index contributed by atoms with van der Waals surface area (Å²) in [4.78, 5) is 18.2. The molecule has 0 aliphatic heterocycles. The van der Waals surface area contributed by atoms with Crippen molar-refractivity contribution in [1.82, 2.24) is 0 Å². The number of hydrogen-bond acceptors (Lipinski definition) is 5. The second kappa shape index (κ2) is 7.25. The summed E-state index contributed by atoms with van der Waals surface area (Å²) < 4.78 is 0. The van der Waals surface area contributed by atoms with Crippen molar-refractivity contribution >= 4 is 11.9 Å². The SMILES string of the molecule is C[C@H](N)[C@H](N)c1ccc(O)cc1.O=C(O)C(=O)O. The molecule has 7 N–H and O–H groups in total. The highest BCUT2D eigenvalue weighted by atomic mass is 16.4. The van der Waals surface area contributed by atoms with Crippen LogP contribution in [0.3, 0.4) is 0 Å². The van der Waals surface area contributed by atoms with Crippen LogP contribution >= 0.6 is 0 Å². The van der Waals surface area contributed by atoms with Crippen molar-refractivity contribution in [3.05, 3.63) is 29.8 Å². The monoisotopic (exact) mass is 256 g/mol. The molecule has 0 aromatic heterocycles. The molecule has 1 aromatic carbocycles. The summed E-state index contributed by atoms with van der Waals surface area (Å²) in [5.74, 6) is -3.40. The smallest absolute Gasteiger partial charge is 0.414 e. The Hall–Kier alpha value is -2.12.